The molecule has 3 aromatic rings. The Hall–Kier alpha value is -2.69. The molecule has 0 bridgehead atoms. The Labute approximate surface area is 128 Å². The Balaban J connectivity index is 2.08. The summed E-state index contributed by atoms with van der Waals surface area (Å²) in [6.07, 6.45) is 1.72. The van der Waals surface area contributed by atoms with Gasteiger partial charge in [0, 0.05) is 23.9 Å². The van der Waals surface area contributed by atoms with E-state index in [1.54, 1.807) is 11.1 Å². The van der Waals surface area contributed by atoms with Gasteiger partial charge in [-0.25, -0.2) is 4.98 Å². The number of carbonyl (C=O) groups excluding carboxylic acids is 1. The van der Waals surface area contributed by atoms with Gasteiger partial charge in [-0.15, -0.1) is 0 Å². The lowest BCUT2D eigenvalue weighted by molar-refractivity contribution is 0.0984. The first kappa shape index (κ1) is 13.0. The SMILES string of the molecule is CC(C)CN1C(=O)c2ccccc2-c2n[nH]c3ccnc1c23. The lowest BCUT2D eigenvalue weighted by Crippen LogP contribution is -2.34. The van der Waals surface area contributed by atoms with Crippen molar-refractivity contribution in [2.24, 2.45) is 5.92 Å². The van der Waals surface area contributed by atoms with E-state index < -0.39 is 0 Å². The normalized spacial score (nSPS) is 13.6. The molecule has 0 saturated carbocycles. The second-order valence-electron chi connectivity index (χ2n) is 5.98. The number of hydrogen-bond acceptors (Lipinski definition) is 3. The van der Waals surface area contributed by atoms with Gasteiger partial charge in [0.25, 0.3) is 5.91 Å². The number of fused-ring (bicyclic) bond motifs is 2. The van der Waals surface area contributed by atoms with E-state index in [1.807, 2.05) is 30.3 Å². The van der Waals surface area contributed by atoms with Crippen molar-refractivity contribution < 1.29 is 4.79 Å². The number of aromatic amines is 1. The van der Waals surface area contributed by atoms with Gasteiger partial charge in [0.15, 0.2) is 0 Å². The molecule has 1 amide bonds. The van der Waals surface area contributed by atoms with Crippen LogP contribution in [0, 0.1) is 5.92 Å². The molecular formula is C17H16N4O. The van der Waals surface area contributed by atoms with Crippen molar-refractivity contribution in [2.45, 2.75) is 13.8 Å². The molecule has 0 radical (unpaired) electrons. The van der Waals surface area contributed by atoms with Crippen LogP contribution >= 0.6 is 0 Å². The molecule has 0 fully saturated rings. The molecule has 0 atom stereocenters. The third-order valence-electron chi connectivity index (χ3n) is 3.92. The van der Waals surface area contributed by atoms with Crippen molar-refractivity contribution in [1.82, 2.24) is 15.2 Å². The Bertz CT molecular complexity index is 881. The summed E-state index contributed by atoms with van der Waals surface area (Å²) in [5, 5.41) is 8.40. The lowest BCUT2D eigenvalue weighted by Gasteiger charge is -2.23. The van der Waals surface area contributed by atoms with Crippen molar-refractivity contribution in [3.05, 3.63) is 42.1 Å². The second kappa shape index (κ2) is 4.66. The van der Waals surface area contributed by atoms with Crippen LogP contribution in [-0.2, 0) is 0 Å². The van der Waals surface area contributed by atoms with Gasteiger partial charge in [0.1, 0.15) is 11.5 Å². The van der Waals surface area contributed by atoms with Crippen molar-refractivity contribution >= 4 is 22.6 Å². The highest BCUT2D eigenvalue weighted by Crippen LogP contribution is 2.38. The van der Waals surface area contributed by atoms with Crippen molar-refractivity contribution in [1.29, 1.82) is 0 Å². The molecule has 3 heterocycles. The third-order valence-corrected chi connectivity index (χ3v) is 3.92. The molecule has 5 heteroatoms. The molecule has 0 aliphatic carbocycles. The van der Waals surface area contributed by atoms with Gasteiger partial charge in [-0.05, 0) is 18.1 Å². The van der Waals surface area contributed by atoms with Crippen LogP contribution in [-0.4, -0.2) is 27.6 Å². The number of aromatic nitrogens is 3. The Morgan fingerprint density at radius 1 is 1.18 bits per heavy atom. The van der Waals surface area contributed by atoms with E-state index in [9.17, 15) is 4.79 Å². The van der Waals surface area contributed by atoms with Crippen LogP contribution in [0.25, 0.3) is 22.2 Å². The number of rotatable bonds is 2. The quantitative estimate of drug-likeness (QED) is 0.788. The van der Waals surface area contributed by atoms with Crippen molar-refractivity contribution in [2.75, 3.05) is 11.4 Å². The molecule has 4 rings (SSSR count). The molecule has 1 aliphatic rings. The summed E-state index contributed by atoms with van der Waals surface area (Å²) < 4.78 is 0. The highest BCUT2D eigenvalue weighted by atomic mass is 16.2. The van der Waals surface area contributed by atoms with E-state index in [0.29, 0.717) is 23.8 Å². The van der Waals surface area contributed by atoms with Gasteiger partial charge in [-0.3, -0.25) is 14.8 Å². The van der Waals surface area contributed by atoms with Gasteiger partial charge in [0.05, 0.1) is 10.9 Å². The first-order chi connectivity index (χ1) is 10.7. The standard InChI is InChI=1S/C17H16N4O/c1-10(2)9-21-16-14-13(7-8-18-16)19-20-15(14)11-5-3-4-6-12(11)17(21)22/h3-8,10H,9H2,1-2H3,(H,19,20). The predicted octanol–water partition coefficient (Wildman–Crippen LogP) is 3.24. The van der Waals surface area contributed by atoms with Crippen LogP contribution in [0.2, 0.25) is 0 Å². The maximum Gasteiger partial charge on any atom is 0.260 e. The first-order valence-corrected chi connectivity index (χ1v) is 7.41. The number of anilines is 1. The number of pyridine rings is 1. The molecule has 0 unspecified atom stereocenters. The molecule has 2 aromatic heterocycles. The highest BCUT2D eigenvalue weighted by molar-refractivity contribution is 6.18. The number of nitrogens with zero attached hydrogens (tertiary/aromatic N) is 3. The predicted molar refractivity (Wildman–Crippen MR) is 85.8 cm³/mol. The summed E-state index contributed by atoms with van der Waals surface area (Å²) in [7, 11) is 0. The third kappa shape index (κ3) is 1.75. The number of H-pyrrole nitrogens is 1. The lowest BCUT2D eigenvalue weighted by atomic mass is 10.0. The number of amides is 1. The average Bonchev–Trinajstić information content (AvgIpc) is 2.92. The molecular weight excluding hydrogens is 276 g/mol. The fraction of sp³-hybridized carbons (Fsp3) is 0.235. The van der Waals surface area contributed by atoms with Crippen LogP contribution in [0.3, 0.4) is 0 Å². The zero-order valence-electron chi connectivity index (χ0n) is 12.5. The topological polar surface area (TPSA) is 61.9 Å². The maximum atomic E-state index is 13.0. The van der Waals surface area contributed by atoms with E-state index in [0.717, 1.165) is 22.2 Å². The van der Waals surface area contributed by atoms with Crippen molar-refractivity contribution in [3.63, 3.8) is 0 Å². The van der Waals surface area contributed by atoms with E-state index >= 15 is 0 Å². The summed E-state index contributed by atoms with van der Waals surface area (Å²) in [6.45, 7) is 4.82. The van der Waals surface area contributed by atoms with E-state index in [-0.39, 0.29) is 5.91 Å². The van der Waals surface area contributed by atoms with Crippen LogP contribution in [0.5, 0.6) is 0 Å². The van der Waals surface area contributed by atoms with Gasteiger partial charge in [0.2, 0.25) is 0 Å². The fourth-order valence-electron chi connectivity index (χ4n) is 3.00. The maximum absolute atomic E-state index is 13.0. The molecule has 0 saturated heterocycles. The first-order valence-electron chi connectivity index (χ1n) is 7.41. The van der Waals surface area contributed by atoms with Crippen LogP contribution in [0.1, 0.15) is 24.2 Å². The van der Waals surface area contributed by atoms with Crippen LogP contribution < -0.4 is 4.90 Å². The van der Waals surface area contributed by atoms with Gasteiger partial charge in [-0.2, -0.15) is 5.10 Å². The van der Waals surface area contributed by atoms with Gasteiger partial charge in [-0.1, -0.05) is 32.0 Å². The van der Waals surface area contributed by atoms with E-state index in [4.69, 9.17) is 0 Å². The Kier molecular flexibility index (Phi) is 2.76. The zero-order valence-corrected chi connectivity index (χ0v) is 12.5. The minimum Gasteiger partial charge on any atom is -0.292 e. The second-order valence-corrected chi connectivity index (χ2v) is 5.98. The Morgan fingerprint density at radius 2 is 1.95 bits per heavy atom. The van der Waals surface area contributed by atoms with Crippen LogP contribution in [0.4, 0.5) is 5.82 Å². The molecule has 1 aromatic carbocycles. The monoisotopic (exact) mass is 292 g/mol. The summed E-state index contributed by atoms with van der Waals surface area (Å²) in [4.78, 5) is 19.3. The molecule has 22 heavy (non-hydrogen) atoms. The van der Waals surface area contributed by atoms with Crippen LogP contribution in [0.15, 0.2) is 36.5 Å². The smallest absolute Gasteiger partial charge is 0.260 e. The molecule has 1 aliphatic heterocycles. The minimum atomic E-state index is -0.0118. The number of benzene rings is 1. The largest absolute Gasteiger partial charge is 0.292 e. The van der Waals surface area contributed by atoms with E-state index in [1.165, 1.54) is 0 Å². The average molecular weight is 292 g/mol. The highest BCUT2D eigenvalue weighted by Gasteiger charge is 2.30. The Morgan fingerprint density at radius 3 is 2.73 bits per heavy atom. The molecule has 5 nitrogen and oxygen atoms in total. The molecule has 0 spiro atoms. The number of nitrogens with one attached hydrogen (secondary N) is 1. The number of hydrogen-bond donors (Lipinski definition) is 1. The summed E-state index contributed by atoms with van der Waals surface area (Å²) in [5.74, 6) is 1.03. The van der Waals surface area contributed by atoms with Gasteiger partial charge >= 0.3 is 0 Å². The summed E-state index contributed by atoms with van der Waals surface area (Å²) in [6, 6.07) is 9.51. The molecule has 110 valence electrons. The minimum absolute atomic E-state index is 0.0118. The molecule has 1 N–H and O–H groups in total. The zero-order chi connectivity index (χ0) is 15.3. The summed E-state index contributed by atoms with van der Waals surface area (Å²) in [5.41, 5.74) is 3.24. The summed E-state index contributed by atoms with van der Waals surface area (Å²) >= 11 is 0. The number of carbonyl (C=O) groups is 1. The van der Waals surface area contributed by atoms with Gasteiger partial charge < -0.3 is 0 Å². The fourth-order valence-corrected chi connectivity index (χ4v) is 3.00. The van der Waals surface area contributed by atoms with Crippen molar-refractivity contribution in [3.8, 4) is 11.3 Å². The van der Waals surface area contributed by atoms with E-state index in [2.05, 4.69) is 29.0 Å².